The van der Waals surface area contributed by atoms with Gasteiger partial charge in [-0.15, -0.1) is 6.58 Å². The molecule has 8 nitrogen and oxygen atoms in total. The number of ether oxygens (including phenoxy) is 2. The second-order valence-electron chi connectivity index (χ2n) is 7.91. The van der Waals surface area contributed by atoms with Gasteiger partial charge in [0.1, 0.15) is 6.54 Å². The predicted octanol–water partition coefficient (Wildman–Crippen LogP) is 2.87. The summed E-state index contributed by atoms with van der Waals surface area (Å²) in [6.45, 7) is 5.80. The maximum absolute atomic E-state index is 13.2. The monoisotopic (exact) mass is 469 g/mol. The van der Waals surface area contributed by atoms with Gasteiger partial charge in [0.25, 0.3) is 0 Å². The molecule has 8 heteroatoms. The van der Waals surface area contributed by atoms with E-state index in [1.165, 1.54) is 17.6 Å². The zero-order chi connectivity index (χ0) is 24.8. The minimum absolute atomic E-state index is 0.0633. The Bertz CT molecular complexity index is 926. The molecule has 2 aromatic rings. The van der Waals surface area contributed by atoms with Crippen molar-refractivity contribution >= 4 is 17.8 Å². The number of benzene rings is 1. The number of methoxy groups -OCH3 is 2. The molecule has 0 bridgehead atoms. The van der Waals surface area contributed by atoms with E-state index in [4.69, 9.17) is 4.74 Å². The van der Waals surface area contributed by atoms with Crippen LogP contribution >= 0.6 is 0 Å². The molecular weight excluding hydrogens is 434 g/mol. The molecular formula is C26H35N3O5. The van der Waals surface area contributed by atoms with Crippen LogP contribution in [0.5, 0.6) is 0 Å². The highest BCUT2D eigenvalue weighted by atomic mass is 16.5. The van der Waals surface area contributed by atoms with E-state index < -0.39 is 0 Å². The molecule has 184 valence electrons. The highest BCUT2D eigenvalue weighted by Crippen LogP contribution is 2.12. The van der Waals surface area contributed by atoms with Crippen LogP contribution in [0, 0.1) is 0 Å². The molecule has 0 saturated carbocycles. The number of aromatic nitrogens is 1. The first-order valence-electron chi connectivity index (χ1n) is 11.4. The maximum atomic E-state index is 13.2. The van der Waals surface area contributed by atoms with Gasteiger partial charge in [-0.3, -0.25) is 14.4 Å². The summed E-state index contributed by atoms with van der Waals surface area (Å²) in [5.74, 6) is -0.729. The van der Waals surface area contributed by atoms with Crippen molar-refractivity contribution in [1.29, 1.82) is 0 Å². The van der Waals surface area contributed by atoms with E-state index >= 15 is 0 Å². The van der Waals surface area contributed by atoms with Gasteiger partial charge in [0.05, 0.1) is 20.3 Å². The fourth-order valence-electron chi connectivity index (χ4n) is 3.53. The van der Waals surface area contributed by atoms with Crippen molar-refractivity contribution < 1.29 is 23.9 Å². The summed E-state index contributed by atoms with van der Waals surface area (Å²) >= 11 is 0. The Hall–Kier alpha value is -3.39. The molecule has 0 aliphatic heterocycles. The summed E-state index contributed by atoms with van der Waals surface area (Å²) in [5, 5.41) is 0. The van der Waals surface area contributed by atoms with Gasteiger partial charge in [-0.25, -0.2) is 0 Å². The first-order valence-corrected chi connectivity index (χ1v) is 11.4. The summed E-state index contributed by atoms with van der Waals surface area (Å²) in [6.07, 6.45) is 4.28. The number of carbonyl (C=O) groups excluding carboxylic acids is 3. The number of hydrogen-bond donors (Lipinski definition) is 0. The zero-order valence-electron chi connectivity index (χ0n) is 20.2. The molecule has 0 unspecified atom stereocenters. The smallest absolute Gasteiger partial charge is 0.305 e. The van der Waals surface area contributed by atoms with Crippen molar-refractivity contribution in [2.24, 2.45) is 0 Å². The van der Waals surface area contributed by atoms with E-state index in [2.05, 4.69) is 28.0 Å². The van der Waals surface area contributed by atoms with E-state index in [1.807, 2.05) is 36.5 Å². The summed E-state index contributed by atoms with van der Waals surface area (Å²) in [6, 6.07) is 14.1. The first kappa shape index (κ1) is 26.9. The number of nitrogens with zero attached hydrogens (tertiary/aromatic N) is 3. The number of hydrogen-bond acceptors (Lipinski definition) is 5. The van der Waals surface area contributed by atoms with Crippen LogP contribution in [-0.2, 0) is 36.9 Å². The highest BCUT2D eigenvalue weighted by molar-refractivity contribution is 5.85. The molecule has 34 heavy (non-hydrogen) atoms. The summed E-state index contributed by atoms with van der Waals surface area (Å²) in [5.41, 5.74) is 2.16. The fraction of sp³-hybridized carbons (Fsp3) is 0.423. The summed E-state index contributed by atoms with van der Waals surface area (Å²) in [4.78, 5) is 40.4. The Kier molecular flexibility index (Phi) is 11.6. The van der Waals surface area contributed by atoms with Crippen LogP contribution in [0.1, 0.15) is 30.5 Å². The fourth-order valence-corrected chi connectivity index (χ4v) is 3.53. The van der Waals surface area contributed by atoms with Crippen molar-refractivity contribution in [1.82, 2.24) is 14.4 Å². The molecule has 2 rings (SSSR count). The van der Waals surface area contributed by atoms with Crippen LogP contribution < -0.4 is 0 Å². The minimum atomic E-state index is -0.358. The van der Waals surface area contributed by atoms with Crippen molar-refractivity contribution in [2.45, 2.75) is 32.4 Å². The second-order valence-corrected chi connectivity index (χ2v) is 7.91. The molecule has 1 heterocycles. The normalized spacial score (nSPS) is 10.5. The SMILES string of the molecule is C=CCN(CC(=O)N(CCOC)Cc1cccn1Cc1ccccc1)C(=O)CCCC(=O)OC. The standard InChI is InChI=1S/C26H35N3O5/c1-4-15-28(24(30)13-8-14-26(32)34-3)21-25(31)29(17-18-33-2)20-23-12-9-16-27(23)19-22-10-6-5-7-11-22/h4-7,9-12,16H,1,8,13-15,17-21H2,2-3H3. The van der Waals surface area contributed by atoms with Gasteiger partial charge in [-0.05, 0) is 24.1 Å². The molecule has 0 aliphatic rings. The van der Waals surface area contributed by atoms with Crippen LogP contribution in [0.2, 0.25) is 0 Å². The molecule has 0 N–H and O–H groups in total. The van der Waals surface area contributed by atoms with Gasteiger partial charge in [0.15, 0.2) is 0 Å². The van der Waals surface area contributed by atoms with E-state index in [9.17, 15) is 14.4 Å². The number of carbonyl (C=O) groups is 3. The minimum Gasteiger partial charge on any atom is -0.469 e. The van der Waals surface area contributed by atoms with E-state index in [0.29, 0.717) is 32.7 Å². The third-order valence-corrected chi connectivity index (χ3v) is 5.42. The topological polar surface area (TPSA) is 81.1 Å². The Morgan fingerprint density at radius 3 is 2.44 bits per heavy atom. The van der Waals surface area contributed by atoms with Gasteiger partial charge in [0.2, 0.25) is 11.8 Å². The van der Waals surface area contributed by atoms with Gasteiger partial charge < -0.3 is 23.8 Å². The van der Waals surface area contributed by atoms with Gasteiger partial charge in [-0.2, -0.15) is 0 Å². The zero-order valence-corrected chi connectivity index (χ0v) is 20.2. The van der Waals surface area contributed by atoms with Gasteiger partial charge >= 0.3 is 5.97 Å². The largest absolute Gasteiger partial charge is 0.469 e. The van der Waals surface area contributed by atoms with Crippen LogP contribution in [-0.4, -0.2) is 72.6 Å². The molecule has 2 amide bonds. The lowest BCUT2D eigenvalue weighted by Crippen LogP contribution is -2.44. The lowest BCUT2D eigenvalue weighted by atomic mass is 10.2. The average Bonchev–Trinajstić information content (AvgIpc) is 3.28. The third-order valence-electron chi connectivity index (χ3n) is 5.42. The number of amides is 2. The molecule has 0 fully saturated rings. The Morgan fingerprint density at radius 1 is 1.00 bits per heavy atom. The highest BCUT2D eigenvalue weighted by Gasteiger charge is 2.21. The maximum Gasteiger partial charge on any atom is 0.305 e. The molecule has 0 atom stereocenters. The van der Waals surface area contributed by atoms with Crippen LogP contribution in [0.4, 0.5) is 0 Å². The van der Waals surface area contributed by atoms with Crippen molar-refractivity contribution in [3.63, 3.8) is 0 Å². The number of esters is 1. The number of rotatable bonds is 15. The first-order chi connectivity index (χ1) is 16.5. The lowest BCUT2D eigenvalue weighted by Gasteiger charge is -2.27. The second kappa shape index (κ2) is 14.7. The van der Waals surface area contributed by atoms with Crippen molar-refractivity contribution in [2.75, 3.05) is 40.5 Å². The molecule has 1 aromatic heterocycles. The van der Waals surface area contributed by atoms with Crippen LogP contribution in [0.3, 0.4) is 0 Å². The third kappa shape index (κ3) is 8.86. The van der Waals surface area contributed by atoms with Crippen molar-refractivity contribution in [3.8, 4) is 0 Å². The molecule has 0 aliphatic carbocycles. The Labute approximate surface area is 201 Å². The van der Waals surface area contributed by atoms with Crippen LogP contribution in [0.25, 0.3) is 0 Å². The molecule has 1 aromatic carbocycles. The van der Waals surface area contributed by atoms with Gasteiger partial charge in [-0.1, -0.05) is 36.4 Å². The molecule has 0 radical (unpaired) electrons. The van der Waals surface area contributed by atoms with Crippen LogP contribution in [0.15, 0.2) is 61.3 Å². The Morgan fingerprint density at radius 2 is 1.76 bits per heavy atom. The van der Waals surface area contributed by atoms with E-state index in [1.54, 1.807) is 18.1 Å². The average molecular weight is 470 g/mol. The van der Waals surface area contributed by atoms with E-state index in [0.717, 1.165) is 5.69 Å². The molecule has 0 spiro atoms. The quantitative estimate of drug-likeness (QED) is 0.296. The van der Waals surface area contributed by atoms with E-state index in [-0.39, 0.29) is 43.7 Å². The Balaban J connectivity index is 2.06. The van der Waals surface area contributed by atoms with Gasteiger partial charge in [0, 0.05) is 51.5 Å². The lowest BCUT2D eigenvalue weighted by molar-refractivity contribution is -0.142. The predicted molar refractivity (Wildman–Crippen MR) is 130 cm³/mol. The summed E-state index contributed by atoms with van der Waals surface area (Å²) in [7, 11) is 2.91. The van der Waals surface area contributed by atoms with Crippen molar-refractivity contribution in [3.05, 3.63) is 72.6 Å². The molecule has 0 saturated heterocycles. The summed E-state index contributed by atoms with van der Waals surface area (Å²) < 4.78 is 11.9.